The lowest BCUT2D eigenvalue weighted by Crippen LogP contribution is -2.30. The highest BCUT2D eigenvalue weighted by Gasteiger charge is 2.28. The summed E-state index contributed by atoms with van der Waals surface area (Å²) in [6.45, 7) is 2.37. The highest BCUT2D eigenvalue weighted by Crippen LogP contribution is 2.34. The Kier molecular flexibility index (Phi) is 3.66. The van der Waals surface area contributed by atoms with E-state index in [-0.39, 0.29) is 12.6 Å². The fourth-order valence-corrected chi connectivity index (χ4v) is 2.48. The van der Waals surface area contributed by atoms with Crippen molar-refractivity contribution in [2.45, 2.75) is 12.6 Å². The van der Waals surface area contributed by atoms with Crippen LogP contribution in [0.15, 0.2) is 18.2 Å². The Bertz CT molecular complexity index is 392. The average molecular weight is 235 g/mol. The van der Waals surface area contributed by atoms with E-state index >= 15 is 0 Å². The molecule has 1 heterocycles. The van der Waals surface area contributed by atoms with Crippen molar-refractivity contribution in [2.75, 3.05) is 38.7 Å². The van der Waals surface area contributed by atoms with Crippen molar-refractivity contribution >= 4 is 5.69 Å². The van der Waals surface area contributed by atoms with Crippen molar-refractivity contribution in [3.8, 4) is 0 Å². The Balaban J connectivity index is 2.30. The SMILES string of the molecule is CN(C)c1ccc2c(c1)C(CN)N(CCO)C2. The predicted octanol–water partition coefficient (Wildman–Crippen LogP) is 0.560. The van der Waals surface area contributed by atoms with Crippen LogP contribution < -0.4 is 10.6 Å². The Morgan fingerprint density at radius 3 is 2.82 bits per heavy atom. The monoisotopic (exact) mass is 235 g/mol. The number of anilines is 1. The number of aliphatic hydroxyl groups excluding tert-OH is 1. The first kappa shape index (κ1) is 12.4. The molecule has 17 heavy (non-hydrogen) atoms. The summed E-state index contributed by atoms with van der Waals surface area (Å²) in [6, 6.07) is 6.76. The number of hydrogen-bond donors (Lipinski definition) is 2. The smallest absolute Gasteiger partial charge is 0.0558 e. The molecule has 1 aliphatic heterocycles. The molecule has 1 aliphatic rings. The lowest BCUT2D eigenvalue weighted by molar-refractivity contribution is 0.164. The maximum Gasteiger partial charge on any atom is 0.0558 e. The molecule has 0 fully saturated rings. The molecule has 0 aromatic heterocycles. The van der Waals surface area contributed by atoms with Gasteiger partial charge in [0, 0.05) is 45.5 Å². The number of nitrogens with two attached hydrogens (primary N) is 1. The molecule has 2 rings (SSSR count). The standard InChI is InChI=1S/C13H21N3O/c1-15(2)11-4-3-10-9-16(5-6-17)13(8-14)12(10)7-11/h3-4,7,13,17H,5-6,8-9,14H2,1-2H3. The third kappa shape index (κ3) is 2.29. The van der Waals surface area contributed by atoms with E-state index in [2.05, 4.69) is 28.0 Å². The zero-order chi connectivity index (χ0) is 12.4. The minimum atomic E-state index is 0.186. The average Bonchev–Trinajstić information content (AvgIpc) is 2.65. The summed E-state index contributed by atoms with van der Waals surface area (Å²) in [7, 11) is 4.08. The number of rotatable bonds is 4. The van der Waals surface area contributed by atoms with Crippen LogP contribution in [0.1, 0.15) is 17.2 Å². The van der Waals surface area contributed by atoms with Crippen molar-refractivity contribution in [1.29, 1.82) is 0 Å². The van der Waals surface area contributed by atoms with Crippen LogP contribution in [-0.4, -0.2) is 43.8 Å². The molecule has 0 saturated heterocycles. The van der Waals surface area contributed by atoms with Gasteiger partial charge in [0.2, 0.25) is 0 Å². The van der Waals surface area contributed by atoms with E-state index in [1.165, 1.54) is 16.8 Å². The summed E-state index contributed by atoms with van der Waals surface area (Å²) >= 11 is 0. The van der Waals surface area contributed by atoms with Gasteiger partial charge in [-0.3, -0.25) is 4.90 Å². The van der Waals surface area contributed by atoms with E-state index in [9.17, 15) is 0 Å². The van der Waals surface area contributed by atoms with Crippen LogP contribution in [0.2, 0.25) is 0 Å². The van der Waals surface area contributed by atoms with E-state index in [1.807, 2.05) is 14.1 Å². The Labute approximate surface area is 103 Å². The van der Waals surface area contributed by atoms with E-state index < -0.39 is 0 Å². The van der Waals surface area contributed by atoms with Crippen LogP contribution in [0.5, 0.6) is 0 Å². The number of benzene rings is 1. The maximum absolute atomic E-state index is 9.07. The largest absolute Gasteiger partial charge is 0.395 e. The second-order valence-electron chi connectivity index (χ2n) is 4.72. The molecule has 1 aromatic carbocycles. The number of nitrogens with zero attached hydrogens (tertiary/aromatic N) is 2. The van der Waals surface area contributed by atoms with Crippen molar-refractivity contribution < 1.29 is 5.11 Å². The summed E-state index contributed by atoms with van der Waals surface area (Å²) in [5.41, 5.74) is 9.71. The molecule has 94 valence electrons. The van der Waals surface area contributed by atoms with E-state index in [0.29, 0.717) is 13.1 Å². The van der Waals surface area contributed by atoms with E-state index in [4.69, 9.17) is 10.8 Å². The molecule has 1 unspecified atom stereocenters. The summed E-state index contributed by atoms with van der Waals surface area (Å²) < 4.78 is 0. The van der Waals surface area contributed by atoms with Gasteiger partial charge in [-0.1, -0.05) is 6.07 Å². The van der Waals surface area contributed by atoms with Gasteiger partial charge < -0.3 is 15.7 Å². The van der Waals surface area contributed by atoms with Gasteiger partial charge in [0.1, 0.15) is 0 Å². The first-order chi connectivity index (χ1) is 8.17. The molecule has 1 atom stereocenters. The van der Waals surface area contributed by atoms with Gasteiger partial charge in [-0.05, 0) is 23.3 Å². The summed E-state index contributed by atoms with van der Waals surface area (Å²) in [5.74, 6) is 0. The van der Waals surface area contributed by atoms with Crippen LogP contribution >= 0.6 is 0 Å². The van der Waals surface area contributed by atoms with Gasteiger partial charge >= 0.3 is 0 Å². The van der Waals surface area contributed by atoms with Gasteiger partial charge in [-0.15, -0.1) is 0 Å². The molecule has 0 amide bonds. The molecule has 4 heteroatoms. The van der Waals surface area contributed by atoms with Gasteiger partial charge in [0.25, 0.3) is 0 Å². The molecular formula is C13H21N3O. The van der Waals surface area contributed by atoms with Crippen LogP contribution in [0, 0.1) is 0 Å². The summed E-state index contributed by atoms with van der Waals surface area (Å²) in [5, 5.41) is 9.07. The maximum atomic E-state index is 9.07. The quantitative estimate of drug-likeness (QED) is 0.800. The van der Waals surface area contributed by atoms with Crippen molar-refractivity contribution in [3.63, 3.8) is 0 Å². The highest BCUT2D eigenvalue weighted by atomic mass is 16.3. The van der Waals surface area contributed by atoms with Crippen LogP contribution in [-0.2, 0) is 6.54 Å². The first-order valence-electron chi connectivity index (χ1n) is 6.02. The fraction of sp³-hybridized carbons (Fsp3) is 0.538. The minimum absolute atomic E-state index is 0.186. The van der Waals surface area contributed by atoms with Crippen molar-refractivity contribution in [2.24, 2.45) is 5.73 Å². The second-order valence-corrected chi connectivity index (χ2v) is 4.72. The van der Waals surface area contributed by atoms with Crippen LogP contribution in [0.25, 0.3) is 0 Å². The molecule has 0 radical (unpaired) electrons. The van der Waals surface area contributed by atoms with Crippen LogP contribution in [0.3, 0.4) is 0 Å². The third-order valence-electron chi connectivity index (χ3n) is 3.43. The lowest BCUT2D eigenvalue weighted by atomic mass is 10.0. The summed E-state index contributed by atoms with van der Waals surface area (Å²) in [6.07, 6.45) is 0. The topological polar surface area (TPSA) is 52.7 Å². The zero-order valence-electron chi connectivity index (χ0n) is 10.6. The second kappa shape index (κ2) is 5.04. The Morgan fingerprint density at radius 2 is 2.24 bits per heavy atom. The molecule has 0 spiro atoms. The molecule has 4 nitrogen and oxygen atoms in total. The molecule has 1 aromatic rings. The first-order valence-corrected chi connectivity index (χ1v) is 6.02. The normalized spacial score (nSPS) is 19.4. The Morgan fingerprint density at radius 1 is 1.47 bits per heavy atom. The van der Waals surface area contributed by atoms with Gasteiger partial charge in [0.05, 0.1) is 6.61 Å². The molecule has 3 N–H and O–H groups in total. The zero-order valence-corrected chi connectivity index (χ0v) is 10.6. The van der Waals surface area contributed by atoms with Crippen LogP contribution in [0.4, 0.5) is 5.69 Å². The predicted molar refractivity (Wildman–Crippen MR) is 70.1 cm³/mol. The van der Waals surface area contributed by atoms with E-state index in [0.717, 1.165) is 6.54 Å². The van der Waals surface area contributed by atoms with Crippen molar-refractivity contribution in [3.05, 3.63) is 29.3 Å². The number of aliphatic hydroxyl groups is 1. The number of fused-ring (bicyclic) bond motifs is 1. The van der Waals surface area contributed by atoms with Gasteiger partial charge in [-0.25, -0.2) is 0 Å². The van der Waals surface area contributed by atoms with Gasteiger partial charge in [-0.2, -0.15) is 0 Å². The fourth-order valence-electron chi connectivity index (χ4n) is 2.48. The summed E-state index contributed by atoms with van der Waals surface area (Å²) in [4.78, 5) is 4.34. The number of β-amino-alcohol motifs (C(OH)–C–C–N with tert-alkyl or cyclic N) is 1. The Hall–Kier alpha value is -1.10. The lowest BCUT2D eigenvalue weighted by Gasteiger charge is -2.23. The third-order valence-corrected chi connectivity index (χ3v) is 3.43. The van der Waals surface area contributed by atoms with Crippen molar-refractivity contribution in [1.82, 2.24) is 4.90 Å². The van der Waals surface area contributed by atoms with E-state index in [1.54, 1.807) is 0 Å². The molecule has 0 saturated carbocycles. The molecular weight excluding hydrogens is 214 g/mol. The highest BCUT2D eigenvalue weighted by molar-refractivity contribution is 5.52. The number of hydrogen-bond acceptors (Lipinski definition) is 4. The molecule has 0 bridgehead atoms. The molecule has 0 aliphatic carbocycles. The van der Waals surface area contributed by atoms with Gasteiger partial charge in [0.15, 0.2) is 0 Å². The minimum Gasteiger partial charge on any atom is -0.395 e.